The van der Waals surface area contributed by atoms with Gasteiger partial charge in [-0.15, -0.1) is 0 Å². The lowest BCUT2D eigenvalue weighted by Gasteiger charge is -2.11. The fraction of sp³-hybridized carbons (Fsp3) is 0.333. The van der Waals surface area contributed by atoms with Crippen LogP contribution in [0.2, 0.25) is 0 Å². The van der Waals surface area contributed by atoms with Crippen LogP contribution in [0.1, 0.15) is 13.8 Å². The zero-order valence-corrected chi connectivity index (χ0v) is 9.58. The van der Waals surface area contributed by atoms with E-state index in [1.54, 1.807) is 13.8 Å². The van der Waals surface area contributed by atoms with Crippen molar-refractivity contribution in [1.29, 1.82) is 0 Å². The van der Waals surface area contributed by atoms with E-state index in [0.29, 0.717) is 0 Å². The predicted octanol–water partition coefficient (Wildman–Crippen LogP) is 1.28. The van der Waals surface area contributed by atoms with Crippen LogP contribution in [0.4, 0.5) is 4.39 Å². The maximum atomic E-state index is 13.4. The zero-order chi connectivity index (χ0) is 12.3. The Hall–Kier alpha value is -1.18. The molecule has 0 saturated carbocycles. The highest BCUT2D eigenvalue weighted by atomic mass is 32.2. The Morgan fingerprint density at radius 3 is 2.50 bits per heavy atom. The van der Waals surface area contributed by atoms with E-state index in [0.717, 1.165) is 17.0 Å². The molecule has 0 radical (unpaired) electrons. The molecule has 7 heteroatoms. The van der Waals surface area contributed by atoms with Crippen LogP contribution in [-0.2, 0) is 10.0 Å². The Labute approximate surface area is 92.9 Å². The van der Waals surface area contributed by atoms with Gasteiger partial charge in [-0.3, -0.25) is 0 Å². The highest BCUT2D eigenvalue weighted by Gasteiger charge is 2.15. The molecule has 0 bridgehead atoms. The Bertz CT molecular complexity index is 472. The SMILES string of the molecule is CC(C)Oc1ccc(S(=O)(=O)NO)cc1F. The van der Waals surface area contributed by atoms with Gasteiger partial charge in [-0.05, 0) is 32.0 Å². The quantitative estimate of drug-likeness (QED) is 0.788. The molecule has 0 aliphatic rings. The van der Waals surface area contributed by atoms with Gasteiger partial charge in [0, 0.05) is 0 Å². The van der Waals surface area contributed by atoms with Gasteiger partial charge in [-0.2, -0.15) is 0 Å². The minimum atomic E-state index is -4.06. The third kappa shape index (κ3) is 2.91. The third-order valence-corrected chi connectivity index (χ3v) is 2.81. The van der Waals surface area contributed by atoms with Crippen molar-refractivity contribution < 1.29 is 22.8 Å². The summed E-state index contributed by atoms with van der Waals surface area (Å²) in [5.41, 5.74) is 0. The summed E-state index contributed by atoms with van der Waals surface area (Å²) in [6.45, 7) is 3.44. The lowest BCUT2D eigenvalue weighted by molar-refractivity contribution is 0.230. The average Bonchev–Trinajstić information content (AvgIpc) is 2.20. The Kier molecular flexibility index (Phi) is 3.84. The van der Waals surface area contributed by atoms with Crippen molar-refractivity contribution in [2.24, 2.45) is 0 Å². The molecule has 0 atom stereocenters. The van der Waals surface area contributed by atoms with Crippen molar-refractivity contribution in [2.75, 3.05) is 0 Å². The second kappa shape index (κ2) is 4.77. The fourth-order valence-electron chi connectivity index (χ4n) is 1.05. The number of hydrogen-bond donors (Lipinski definition) is 2. The van der Waals surface area contributed by atoms with E-state index < -0.39 is 15.8 Å². The molecular formula is C9H12FNO4S. The Morgan fingerprint density at radius 1 is 1.44 bits per heavy atom. The average molecular weight is 249 g/mol. The Morgan fingerprint density at radius 2 is 2.06 bits per heavy atom. The topological polar surface area (TPSA) is 75.6 Å². The summed E-state index contributed by atoms with van der Waals surface area (Å²) in [6, 6.07) is 3.11. The van der Waals surface area contributed by atoms with Gasteiger partial charge in [-0.25, -0.2) is 12.8 Å². The lowest BCUT2D eigenvalue weighted by Crippen LogP contribution is -2.19. The van der Waals surface area contributed by atoms with Crippen LogP contribution in [0.15, 0.2) is 23.1 Å². The molecule has 0 amide bonds. The summed E-state index contributed by atoms with van der Waals surface area (Å²) in [5.74, 6) is -0.836. The summed E-state index contributed by atoms with van der Waals surface area (Å²) in [4.78, 5) is 0.738. The van der Waals surface area contributed by atoms with Crippen molar-refractivity contribution in [2.45, 2.75) is 24.8 Å². The molecule has 1 aromatic carbocycles. The van der Waals surface area contributed by atoms with Crippen molar-refractivity contribution in [3.8, 4) is 5.75 Å². The number of nitrogens with one attached hydrogen (secondary N) is 1. The van der Waals surface area contributed by atoms with Crippen LogP contribution in [0.5, 0.6) is 5.75 Å². The van der Waals surface area contributed by atoms with Crippen LogP contribution >= 0.6 is 0 Å². The molecule has 1 rings (SSSR count). The standard InChI is InChI=1S/C9H12FNO4S/c1-6(2)15-9-4-3-7(5-8(9)10)16(13,14)11-12/h3-6,11-12H,1-2H3. The molecule has 0 fully saturated rings. The first kappa shape index (κ1) is 12.9. The molecular weight excluding hydrogens is 237 g/mol. The molecule has 1 aromatic rings. The molecule has 0 aliphatic heterocycles. The second-order valence-corrected chi connectivity index (χ2v) is 5.01. The van der Waals surface area contributed by atoms with E-state index in [9.17, 15) is 12.8 Å². The van der Waals surface area contributed by atoms with E-state index in [2.05, 4.69) is 0 Å². The first-order valence-electron chi connectivity index (χ1n) is 4.49. The van der Waals surface area contributed by atoms with Crippen molar-refractivity contribution in [3.63, 3.8) is 0 Å². The largest absolute Gasteiger partial charge is 0.488 e. The molecule has 0 saturated heterocycles. The zero-order valence-electron chi connectivity index (χ0n) is 8.77. The summed E-state index contributed by atoms with van der Waals surface area (Å²) in [7, 11) is -4.06. The second-order valence-electron chi connectivity index (χ2n) is 3.35. The fourth-order valence-corrected chi connectivity index (χ4v) is 1.66. The minimum Gasteiger partial charge on any atom is -0.488 e. The van der Waals surface area contributed by atoms with Gasteiger partial charge in [0.1, 0.15) is 0 Å². The van der Waals surface area contributed by atoms with Gasteiger partial charge >= 0.3 is 0 Å². The summed E-state index contributed by atoms with van der Waals surface area (Å²) < 4.78 is 40.7. The van der Waals surface area contributed by atoms with Crippen LogP contribution in [-0.4, -0.2) is 19.7 Å². The lowest BCUT2D eigenvalue weighted by atomic mass is 10.3. The van der Waals surface area contributed by atoms with E-state index in [1.165, 1.54) is 6.07 Å². The molecule has 90 valence electrons. The number of rotatable bonds is 4. The van der Waals surface area contributed by atoms with E-state index >= 15 is 0 Å². The monoisotopic (exact) mass is 249 g/mol. The van der Waals surface area contributed by atoms with Crippen molar-refractivity contribution >= 4 is 10.0 Å². The number of benzene rings is 1. The molecule has 5 nitrogen and oxygen atoms in total. The summed E-state index contributed by atoms with van der Waals surface area (Å²) >= 11 is 0. The number of sulfonamides is 1. The van der Waals surface area contributed by atoms with Crippen LogP contribution < -0.4 is 9.62 Å². The maximum absolute atomic E-state index is 13.4. The van der Waals surface area contributed by atoms with E-state index in [4.69, 9.17) is 9.94 Å². The number of halogens is 1. The molecule has 16 heavy (non-hydrogen) atoms. The summed E-state index contributed by atoms with van der Waals surface area (Å²) in [5, 5.41) is 8.36. The molecule has 2 N–H and O–H groups in total. The number of hydrogen-bond acceptors (Lipinski definition) is 4. The van der Waals surface area contributed by atoms with Gasteiger partial charge in [0.25, 0.3) is 10.0 Å². The summed E-state index contributed by atoms with van der Waals surface area (Å²) in [6.07, 6.45) is -0.215. The molecule has 0 spiro atoms. The van der Waals surface area contributed by atoms with Gasteiger partial charge in [0.2, 0.25) is 0 Å². The highest BCUT2D eigenvalue weighted by molar-refractivity contribution is 7.89. The smallest absolute Gasteiger partial charge is 0.262 e. The third-order valence-electron chi connectivity index (χ3n) is 1.70. The van der Waals surface area contributed by atoms with Gasteiger partial charge in [0.15, 0.2) is 11.6 Å². The van der Waals surface area contributed by atoms with E-state index in [-0.39, 0.29) is 16.7 Å². The van der Waals surface area contributed by atoms with Gasteiger partial charge in [-0.1, -0.05) is 4.89 Å². The van der Waals surface area contributed by atoms with Gasteiger partial charge < -0.3 is 9.94 Å². The first-order chi connectivity index (χ1) is 7.36. The van der Waals surface area contributed by atoms with Crippen LogP contribution in [0.3, 0.4) is 0 Å². The molecule has 0 aliphatic carbocycles. The highest BCUT2D eigenvalue weighted by Crippen LogP contribution is 2.21. The van der Waals surface area contributed by atoms with Crippen LogP contribution in [0, 0.1) is 5.82 Å². The Balaban J connectivity index is 3.09. The van der Waals surface area contributed by atoms with E-state index in [1.807, 2.05) is 0 Å². The molecule has 0 aromatic heterocycles. The molecule has 0 heterocycles. The normalized spacial score (nSPS) is 11.8. The minimum absolute atomic E-state index is 0.0353. The molecule has 0 unspecified atom stereocenters. The first-order valence-corrected chi connectivity index (χ1v) is 5.97. The van der Waals surface area contributed by atoms with Crippen molar-refractivity contribution in [1.82, 2.24) is 4.89 Å². The van der Waals surface area contributed by atoms with Gasteiger partial charge in [0.05, 0.1) is 11.0 Å². The number of ether oxygens (including phenoxy) is 1. The van der Waals surface area contributed by atoms with Crippen molar-refractivity contribution in [3.05, 3.63) is 24.0 Å². The maximum Gasteiger partial charge on any atom is 0.262 e. The predicted molar refractivity (Wildman–Crippen MR) is 54.3 cm³/mol. The van der Waals surface area contributed by atoms with Crippen LogP contribution in [0.25, 0.3) is 0 Å².